The van der Waals surface area contributed by atoms with Crippen LogP contribution in [0.25, 0.3) is 11.0 Å². The first-order valence-electron chi connectivity index (χ1n) is 8.08. The van der Waals surface area contributed by atoms with E-state index in [1.807, 2.05) is 48.7 Å². The lowest BCUT2D eigenvalue weighted by Gasteiger charge is -2.16. The zero-order chi connectivity index (χ0) is 17.1. The van der Waals surface area contributed by atoms with Gasteiger partial charge in [0.05, 0.1) is 23.6 Å². The fourth-order valence-corrected chi connectivity index (χ4v) is 2.80. The monoisotopic (exact) mass is 325 g/mol. The second kappa shape index (κ2) is 6.83. The normalized spacial score (nSPS) is 12.3. The molecule has 1 N–H and O–H groups in total. The second-order valence-electron chi connectivity index (χ2n) is 5.78. The van der Waals surface area contributed by atoms with Gasteiger partial charge in [0.1, 0.15) is 11.6 Å². The lowest BCUT2D eigenvalue weighted by atomic mass is 10.2. The first kappa shape index (κ1) is 16.2. The summed E-state index contributed by atoms with van der Waals surface area (Å²) >= 11 is 0. The van der Waals surface area contributed by atoms with E-state index in [-0.39, 0.29) is 17.8 Å². The van der Waals surface area contributed by atoms with Crippen LogP contribution < -0.4 is 5.32 Å². The number of fused-ring (bicyclic) bond motifs is 1. The smallest absolute Gasteiger partial charge is 0.220 e. The number of rotatable bonds is 5. The van der Waals surface area contributed by atoms with Gasteiger partial charge in [-0.05, 0) is 25.1 Å². The number of para-hydroxylation sites is 2. The zero-order valence-electron chi connectivity index (χ0n) is 13.8. The van der Waals surface area contributed by atoms with Crippen molar-refractivity contribution in [2.75, 3.05) is 0 Å². The van der Waals surface area contributed by atoms with Gasteiger partial charge in [-0.2, -0.15) is 0 Å². The number of aromatic nitrogens is 2. The molecule has 2 aromatic carbocycles. The molecule has 1 atom stereocenters. The summed E-state index contributed by atoms with van der Waals surface area (Å²) < 4.78 is 16.0. The predicted octanol–water partition coefficient (Wildman–Crippen LogP) is 3.81. The number of benzene rings is 2. The maximum atomic E-state index is 14.1. The molecule has 0 saturated heterocycles. The topological polar surface area (TPSA) is 46.9 Å². The third-order valence-electron chi connectivity index (χ3n) is 4.06. The Morgan fingerprint density at radius 2 is 1.92 bits per heavy atom. The number of nitrogens with one attached hydrogen (secondary N) is 1. The van der Waals surface area contributed by atoms with Gasteiger partial charge in [-0.1, -0.05) is 37.3 Å². The standard InChI is InChI=1S/C19H20FN3O/c1-3-18(24)21-13(2)19-22-16-10-6-7-11-17(16)23(19)12-14-8-4-5-9-15(14)20/h4-11,13H,3,12H2,1-2H3,(H,21,24)/t13-/m1/s1. The molecule has 0 saturated carbocycles. The van der Waals surface area contributed by atoms with Gasteiger partial charge in [-0.15, -0.1) is 0 Å². The molecule has 0 aliphatic rings. The van der Waals surface area contributed by atoms with Gasteiger partial charge < -0.3 is 9.88 Å². The molecule has 4 nitrogen and oxygen atoms in total. The van der Waals surface area contributed by atoms with E-state index in [1.165, 1.54) is 6.07 Å². The van der Waals surface area contributed by atoms with E-state index in [2.05, 4.69) is 10.3 Å². The number of hydrogen-bond acceptors (Lipinski definition) is 2. The van der Waals surface area contributed by atoms with Crippen molar-refractivity contribution in [1.82, 2.24) is 14.9 Å². The maximum absolute atomic E-state index is 14.1. The summed E-state index contributed by atoms with van der Waals surface area (Å²) in [6.07, 6.45) is 0.415. The van der Waals surface area contributed by atoms with Crippen molar-refractivity contribution in [3.63, 3.8) is 0 Å². The zero-order valence-corrected chi connectivity index (χ0v) is 13.8. The lowest BCUT2D eigenvalue weighted by molar-refractivity contribution is -0.121. The molecule has 0 bridgehead atoms. The van der Waals surface area contributed by atoms with Crippen molar-refractivity contribution >= 4 is 16.9 Å². The molecule has 3 aromatic rings. The van der Waals surface area contributed by atoms with Crippen LogP contribution in [-0.4, -0.2) is 15.5 Å². The molecule has 0 radical (unpaired) electrons. The number of carbonyl (C=O) groups is 1. The SMILES string of the molecule is CCC(=O)N[C@H](C)c1nc2ccccc2n1Cc1ccccc1F. The Morgan fingerprint density at radius 3 is 2.67 bits per heavy atom. The molecule has 24 heavy (non-hydrogen) atoms. The van der Waals surface area contributed by atoms with Crippen molar-refractivity contribution in [2.24, 2.45) is 0 Å². The fraction of sp³-hybridized carbons (Fsp3) is 0.263. The van der Waals surface area contributed by atoms with Gasteiger partial charge >= 0.3 is 0 Å². The van der Waals surface area contributed by atoms with Gasteiger partial charge in [-0.3, -0.25) is 4.79 Å². The van der Waals surface area contributed by atoms with E-state index in [1.54, 1.807) is 12.1 Å². The van der Waals surface area contributed by atoms with Crippen molar-refractivity contribution in [3.05, 3.63) is 65.7 Å². The van der Waals surface area contributed by atoms with Crippen LogP contribution in [0.15, 0.2) is 48.5 Å². The molecule has 1 aromatic heterocycles. The highest BCUT2D eigenvalue weighted by molar-refractivity contribution is 5.78. The van der Waals surface area contributed by atoms with E-state index in [9.17, 15) is 9.18 Å². The van der Waals surface area contributed by atoms with E-state index in [0.29, 0.717) is 18.5 Å². The van der Waals surface area contributed by atoms with E-state index < -0.39 is 0 Å². The summed E-state index contributed by atoms with van der Waals surface area (Å²) in [4.78, 5) is 16.4. The fourth-order valence-electron chi connectivity index (χ4n) is 2.80. The van der Waals surface area contributed by atoms with Crippen molar-refractivity contribution in [1.29, 1.82) is 0 Å². The first-order chi connectivity index (χ1) is 11.6. The number of imidazole rings is 1. The summed E-state index contributed by atoms with van der Waals surface area (Å²) in [5.41, 5.74) is 2.35. The molecule has 0 fully saturated rings. The van der Waals surface area contributed by atoms with Crippen LogP contribution in [0, 0.1) is 5.82 Å². The molecule has 0 aliphatic heterocycles. The van der Waals surface area contributed by atoms with Gasteiger partial charge in [0.15, 0.2) is 0 Å². The number of nitrogens with zero attached hydrogens (tertiary/aromatic N) is 2. The van der Waals surface area contributed by atoms with Gasteiger partial charge in [0.2, 0.25) is 5.91 Å². The highest BCUT2D eigenvalue weighted by atomic mass is 19.1. The molecular formula is C19H20FN3O. The number of amides is 1. The summed E-state index contributed by atoms with van der Waals surface area (Å²) in [6, 6.07) is 14.2. The minimum absolute atomic E-state index is 0.0352. The van der Waals surface area contributed by atoms with Crippen LogP contribution in [0.1, 0.15) is 37.7 Å². The number of halogens is 1. The van der Waals surface area contributed by atoms with Crippen molar-refractivity contribution in [2.45, 2.75) is 32.9 Å². The maximum Gasteiger partial charge on any atom is 0.220 e. The predicted molar refractivity (Wildman–Crippen MR) is 92.1 cm³/mol. The molecular weight excluding hydrogens is 305 g/mol. The average molecular weight is 325 g/mol. The molecule has 1 heterocycles. The van der Waals surface area contributed by atoms with Crippen molar-refractivity contribution < 1.29 is 9.18 Å². The molecule has 0 aliphatic carbocycles. The van der Waals surface area contributed by atoms with E-state index in [0.717, 1.165) is 16.9 Å². The summed E-state index contributed by atoms with van der Waals surface area (Å²) in [7, 11) is 0. The molecule has 124 valence electrons. The van der Waals surface area contributed by atoms with Crippen LogP contribution in [0.2, 0.25) is 0 Å². The Kier molecular flexibility index (Phi) is 4.60. The third-order valence-corrected chi connectivity index (χ3v) is 4.06. The highest BCUT2D eigenvalue weighted by Crippen LogP contribution is 2.23. The number of hydrogen-bond donors (Lipinski definition) is 1. The Morgan fingerprint density at radius 1 is 1.21 bits per heavy atom. The average Bonchev–Trinajstić information content (AvgIpc) is 2.95. The molecule has 0 spiro atoms. The molecule has 3 rings (SSSR count). The van der Waals surface area contributed by atoms with E-state index in [4.69, 9.17) is 0 Å². The van der Waals surface area contributed by atoms with Crippen molar-refractivity contribution in [3.8, 4) is 0 Å². The highest BCUT2D eigenvalue weighted by Gasteiger charge is 2.18. The summed E-state index contributed by atoms with van der Waals surface area (Å²) in [6.45, 7) is 4.08. The van der Waals surface area contributed by atoms with Crippen LogP contribution in [0.4, 0.5) is 4.39 Å². The first-order valence-corrected chi connectivity index (χ1v) is 8.08. The Bertz CT molecular complexity index is 872. The Labute approximate surface area is 140 Å². The van der Waals surface area contributed by atoms with Crippen LogP contribution in [0.3, 0.4) is 0 Å². The second-order valence-corrected chi connectivity index (χ2v) is 5.78. The van der Waals surface area contributed by atoms with Crippen LogP contribution in [-0.2, 0) is 11.3 Å². The van der Waals surface area contributed by atoms with Crippen LogP contribution >= 0.6 is 0 Å². The third kappa shape index (κ3) is 3.15. The van der Waals surface area contributed by atoms with Gasteiger partial charge in [0, 0.05) is 12.0 Å². The Balaban J connectivity index is 2.05. The van der Waals surface area contributed by atoms with Gasteiger partial charge in [0.25, 0.3) is 0 Å². The van der Waals surface area contributed by atoms with Crippen LogP contribution in [0.5, 0.6) is 0 Å². The molecule has 1 amide bonds. The molecule has 5 heteroatoms. The summed E-state index contributed by atoms with van der Waals surface area (Å²) in [5.74, 6) is 0.444. The largest absolute Gasteiger partial charge is 0.346 e. The minimum atomic E-state index is -0.253. The lowest BCUT2D eigenvalue weighted by Crippen LogP contribution is -2.28. The Hall–Kier alpha value is -2.69. The number of carbonyl (C=O) groups excluding carboxylic acids is 1. The minimum Gasteiger partial charge on any atom is -0.346 e. The quantitative estimate of drug-likeness (QED) is 0.775. The summed E-state index contributed by atoms with van der Waals surface area (Å²) in [5, 5.41) is 2.93. The molecule has 0 unspecified atom stereocenters. The van der Waals surface area contributed by atoms with E-state index >= 15 is 0 Å². The van der Waals surface area contributed by atoms with Gasteiger partial charge in [-0.25, -0.2) is 9.37 Å².